The lowest BCUT2D eigenvalue weighted by atomic mass is 10.1. The summed E-state index contributed by atoms with van der Waals surface area (Å²) in [5.74, 6) is -1.19. The maximum absolute atomic E-state index is 13.6. The summed E-state index contributed by atoms with van der Waals surface area (Å²) in [6.07, 6.45) is 0. The second-order valence-electron chi connectivity index (χ2n) is 4.44. The molecule has 0 aromatic heterocycles. The Morgan fingerprint density at radius 2 is 1.76 bits per heavy atom. The normalized spacial score (nSPS) is 13.1. The minimum absolute atomic E-state index is 0.170. The van der Waals surface area contributed by atoms with Crippen LogP contribution in [0.5, 0.6) is 0 Å². The van der Waals surface area contributed by atoms with E-state index in [1.165, 1.54) is 37.3 Å². The molecule has 0 spiro atoms. The first-order valence-electron chi connectivity index (χ1n) is 6.03. The van der Waals surface area contributed by atoms with E-state index in [-0.39, 0.29) is 14.9 Å². The van der Waals surface area contributed by atoms with Crippen LogP contribution in [0.25, 0.3) is 0 Å². The molecule has 0 saturated carbocycles. The highest BCUT2D eigenvalue weighted by atomic mass is 79.9. The molecule has 3 nitrogen and oxygen atoms in total. The minimum atomic E-state index is -3.94. The van der Waals surface area contributed by atoms with E-state index >= 15 is 0 Å². The Labute approximate surface area is 130 Å². The van der Waals surface area contributed by atoms with Gasteiger partial charge in [0.1, 0.15) is 11.6 Å². The maximum atomic E-state index is 13.6. The number of sulfonamides is 1. The third-order valence-electron chi connectivity index (χ3n) is 2.91. The molecule has 1 atom stereocenters. The average molecular weight is 376 g/mol. The molecule has 1 unspecified atom stereocenters. The van der Waals surface area contributed by atoms with Crippen molar-refractivity contribution in [1.29, 1.82) is 0 Å². The van der Waals surface area contributed by atoms with Crippen LogP contribution in [-0.4, -0.2) is 8.42 Å². The Morgan fingerprint density at radius 3 is 2.38 bits per heavy atom. The van der Waals surface area contributed by atoms with E-state index < -0.39 is 27.7 Å². The number of nitrogens with one attached hydrogen (secondary N) is 1. The minimum Gasteiger partial charge on any atom is -0.207 e. The van der Waals surface area contributed by atoms with E-state index in [0.29, 0.717) is 0 Å². The second-order valence-corrected chi connectivity index (χ2v) is 7.01. The van der Waals surface area contributed by atoms with Crippen LogP contribution in [0.15, 0.2) is 51.8 Å². The molecule has 0 aliphatic heterocycles. The lowest BCUT2D eigenvalue weighted by Crippen LogP contribution is -2.27. The Balaban J connectivity index is 2.29. The Kier molecular flexibility index (Phi) is 4.75. The van der Waals surface area contributed by atoms with Gasteiger partial charge in [-0.1, -0.05) is 18.2 Å². The molecule has 2 rings (SSSR count). The van der Waals surface area contributed by atoms with Crippen molar-refractivity contribution in [2.75, 3.05) is 0 Å². The van der Waals surface area contributed by atoms with Gasteiger partial charge in [-0.2, -0.15) is 0 Å². The van der Waals surface area contributed by atoms with Gasteiger partial charge in [0.25, 0.3) is 0 Å². The summed E-state index contributed by atoms with van der Waals surface area (Å²) in [7, 11) is -3.94. The molecule has 7 heteroatoms. The zero-order valence-corrected chi connectivity index (χ0v) is 13.4. The standard InChI is InChI=1S/C14H12BrF2NO2S/c1-9(11-4-2-3-5-13(11)16)18-21(19,20)10-6-7-12(15)14(17)8-10/h2-9,18H,1H3. The highest BCUT2D eigenvalue weighted by Gasteiger charge is 2.21. The van der Waals surface area contributed by atoms with Gasteiger partial charge in [-0.25, -0.2) is 21.9 Å². The van der Waals surface area contributed by atoms with Crippen LogP contribution in [0.4, 0.5) is 8.78 Å². The third-order valence-corrected chi connectivity index (χ3v) is 5.09. The molecule has 0 amide bonds. The summed E-state index contributed by atoms with van der Waals surface area (Å²) >= 11 is 2.95. The van der Waals surface area contributed by atoms with Crippen molar-refractivity contribution in [1.82, 2.24) is 4.72 Å². The summed E-state index contributed by atoms with van der Waals surface area (Å²) in [6, 6.07) is 8.57. The van der Waals surface area contributed by atoms with Gasteiger partial charge < -0.3 is 0 Å². The van der Waals surface area contributed by atoms with Crippen LogP contribution in [-0.2, 0) is 10.0 Å². The predicted molar refractivity (Wildman–Crippen MR) is 79.2 cm³/mol. The fourth-order valence-electron chi connectivity index (χ4n) is 1.83. The third kappa shape index (κ3) is 3.66. The molecule has 0 saturated heterocycles. The van der Waals surface area contributed by atoms with Gasteiger partial charge in [0.2, 0.25) is 10.0 Å². The Hall–Kier alpha value is -1.31. The molecule has 2 aromatic carbocycles. The number of benzene rings is 2. The number of hydrogen-bond donors (Lipinski definition) is 1. The number of halogens is 3. The molecule has 0 aliphatic rings. The first-order chi connectivity index (χ1) is 9.81. The number of hydrogen-bond acceptors (Lipinski definition) is 2. The molecule has 0 bridgehead atoms. The topological polar surface area (TPSA) is 46.2 Å². The largest absolute Gasteiger partial charge is 0.241 e. The van der Waals surface area contributed by atoms with Crippen molar-refractivity contribution in [2.24, 2.45) is 0 Å². The molecule has 0 fully saturated rings. The first-order valence-corrected chi connectivity index (χ1v) is 8.30. The van der Waals surface area contributed by atoms with Crippen LogP contribution in [0.1, 0.15) is 18.5 Å². The summed E-state index contributed by atoms with van der Waals surface area (Å²) in [4.78, 5) is -0.216. The van der Waals surface area contributed by atoms with Gasteiger partial charge in [0, 0.05) is 11.6 Å². The molecule has 21 heavy (non-hydrogen) atoms. The van der Waals surface area contributed by atoms with Crippen molar-refractivity contribution in [2.45, 2.75) is 17.9 Å². The van der Waals surface area contributed by atoms with Crippen LogP contribution in [0.2, 0.25) is 0 Å². The summed E-state index contributed by atoms with van der Waals surface area (Å²) in [5, 5.41) is 0. The molecular formula is C14H12BrF2NO2S. The highest BCUT2D eigenvalue weighted by Crippen LogP contribution is 2.22. The molecule has 1 N–H and O–H groups in total. The Bertz CT molecular complexity index is 765. The molecule has 112 valence electrons. The monoisotopic (exact) mass is 375 g/mol. The van der Waals surface area contributed by atoms with Crippen molar-refractivity contribution in [3.05, 3.63) is 64.1 Å². The van der Waals surface area contributed by atoms with E-state index in [1.54, 1.807) is 6.07 Å². The summed E-state index contributed by atoms with van der Waals surface area (Å²) in [6.45, 7) is 1.52. The SMILES string of the molecule is CC(NS(=O)(=O)c1ccc(Br)c(F)c1)c1ccccc1F. The second kappa shape index (κ2) is 6.21. The van der Waals surface area contributed by atoms with Gasteiger partial charge in [-0.3, -0.25) is 0 Å². The zero-order chi connectivity index (χ0) is 15.6. The molecular weight excluding hydrogens is 364 g/mol. The van der Waals surface area contributed by atoms with E-state index in [2.05, 4.69) is 20.7 Å². The summed E-state index contributed by atoms with van der Waals surface area (Å²) in [5.41, 5.74) is 0.221. The predicted octanol–water partition coefficient (Wildman–Crippen LogP) is 3.77. The van der Waals surface area contributed by atoms with Gasteiger partial charge in [0.15, 0.2) is 0 Å². The fraction of sp³-hybridized carbons (Fsp3) is 0.143. The van der Waals surface area contributed by atoms with Gasteiger partial charge in [-0.15, -0.1) is 0 Å². The van der Waals surface area contributed by atoms with E-state index in [0.717, 1.165) is 6.07 Å². The molecule has 0 aliphatic carbocycles. The Morgan fingerprint density at radius 1 is 1.10 bits per heavy atom. The zero-order valence-electron chi connectivity index (χ0n) is 11.0. The average Bonchev–Trinajstić information content (AvgIpc) is 2.41. The van der Waals surface area contributed by atoms with Gasteiger partial charge >= 0.3 is 0 Å². The lowest BCUT2D eigenvalue weighted by Gasteiger charge is -2.15. The van der Waals surface area contributed by atoms with E-state index in [1.807, 2.05) is 0 Å². The summed E-state index contributed by atoms with van der Waals surface area (Å²) < 4.78 is 53.9. The van der Waals surface area contributed by atoms with Crippen molar-refractivity contribution in [3.63, 3.8) is 0 Å². The van der Waals surface area contributed by atoms with Gasteiger partial charge in [0.05, 0.1) is 9.37 Å². The first kappa shape index (κ1) is 16.1. The lowest BCUT2D eigenvalue weighted by molar-refractivity contribution is 0.548. The van der Waals surface area contributed by atoms with Crippen LogP contribution < -0.4 is 4.72 Å². The van der Waals surface area contributed by atoms with Crippen molar-refractivity contribution >= 4 is 26.0 Å². The number of rotatable bonds is 4. The smallest absolute Gasteiger partial charge is 0.207 e. The van der Waals surface area contributed by atoms with E-state index in [4.69, 9.17) is 0 Å². The highest BCUT2D eigenvalue weighted by molar-refractivity contribution is 9.10. The fourth-order valence-corrected chi connectivity index (χ4v) is 3.32. The van der Waals surface area contributed by atoms with Crippen molar-refractivity contribution in [3.8, 4) is 0 Å². The van der Waals surface area contributed by atoms with Crippen LogP contribution >= 0.6 is 15.9 Å². The van der Waals surface area contributed by atoms with E-state index in [9.17, 15) is 17.2 Å². The molecule has 0 radical (unpaired) electrons. The quantitative estimate of drug-likeness (QED) is 0.883. The molecule has 2 aromatic rings. The van der Waals surface area contributed by atoms with Crippen molar-refractivity contribution < 1.29 is 17.2 Å². The van der Waals surface area contributed by atoms with Gasteiger partial charge in [-0.05, 0) is 47.1 Å². The maximum Gasteiger partial charge on any atom is 0.241 e. The molecule has 0 heterocycles. The van der Waals surface area contributed by atoms with Crippen LogP contribution in [0.3, 0.4) is 0 Å². The van der Waals surface area contributed by atoms with Crippen LogP contribution in [0, 0.1) is 11.6 Å².